The smallest absolute Gasteiger partial charge is 0.261 e. The summed E-state index contributed by atoms with van der Waals surface area (Å²) < 4.78 is 28.1. The van der Waals surface area contributed by atoms with Crippen molar-refractivity contribution in [3.05, 3.63) is 54.1 Å². The number of imide groups is 1. The molecule has 0 aromatic heterocycles. The number of sulfonamides is 1. The highest BCUT2D eigenvalue weighted by atomic mass is 32.2. The summed E-state index contributed by atoms with van der Waals surface area (Å²) in [5.74, 6) is -0.992. The topological polar surface area (TPSA) is 113 Å². The van der Waals surface area contributed by atoms with Crippen LogP contribution in [-0.4, -0.2) is 32.2 Å². The lowest BCUT2D eigenvalue weighted by Crippen LogP contribution is -2.32. The minimum atomic E-state index is -3.99. The van der Waals surface area contributed by atoms with Crippen LogP contribution in [0.4, 0.5) is 11.4 Å². The molecule has 1 aliphatic heterocycles. The molecule has 0 saturated carbocycles. The molecule has 3 rings (SSSR count). The zero-order valence-corrected chi connectivity index (χ0v) is 17.5. The molecule has 3 amide bonds. The van der Waals surface area contributed by atoms with E-state index in [-0.39, 0.29) is 52.8 Å². The molecule has 1 saturated heterocycles. The predicted octanol–water partition coefficient (Wildman–Crippen LogP) is 2.67. The zero-order valence-electron chi connectivity index (χ0n) is 16.7. The van der Waals surface area contributed by atoms with Crippen LogP contribution in [0.2, 0.25) is 0 Å². The Morgan fingerprint density at radius 2 is 1.63 bits per heavy atom. The number of para-hydroxylation sites is 1. The molecular formula is C21H23N3O5S. The van der Waals surface area contributed by atoms with Gasteiger partial charge in [-0.15, -0.1) is 0 Å². The van der Waals surface area contributed by atoms with E-state index in [1.54, 1.807) is 18.2 Å². The molecule has 0 aliphatic carbocycles. The lowest BCUT2D eigenvalue weighted by atomic mass is 10.1. The summed E-state index contributed by atoms with van der Waals surface area (Å²) in [5, 5.41) is 2.82. The van der Waals surface area contributed by atoms with Gasteiger partial charge in [-0.3, -0.25) is 24.0 Å². The number of nitrogens with zero attached hydrogens (tertiary/aromatic N) is 1. The number of benzene rings is 2. The van der Waals surface area contributed by atoms with Crippen molar-refractivity contribution in [2.75, 3.05) is 9.62 Å². The molecule has 2 N–H and O–H groups in total. The van der Waals surface area contributed by atoms with Crippen molar-refractivity contribution in [3.63, 3.8) is 0 Å². The fourth-order valence-corrected chi connectivity index (χ4v) is 4.10. The average Bonchev–Trinajstić information content (AvgIpc) is 3.06. The van der Waals surface area contributed by atoms with Crippen molar-refractivity contribution in [2.45, 2.75) is 44.0 Å². The number of carbonyl (C=O) groups is 3. The van der Waals surface area contributed by atoms with E-state index < -0.39 is 10.0 Å². The quantitative estimate of drug-likeness (QED) is 0.657. The fraction of sp³-hybridized carbons (Fsp3) is 0.286. The van der Waals surface area contributed by atoms with Gasteiger partial charge in [0.1, 0.15) is 0 Å². The van der Waals surface area contributed by atoms with Gasteiger partial charge in [0.15, 0.2) is 0 Å². The molecule has 1 unspecified atom stereocenters. The van der Waals surface area contributed by atoms with Crippen LogP contribution >= 0.6 is 0 Å². The number of amides is 3. The molecule has 0 radical (unpaired) electrons. The second-order valence-corrected chi connectivity index (χ2v) is 8.73. The highest BCUT2D eigenvalue weighted by Crippen LogP contribution is 2.25. The molecule has 30 heavy (non-hydrogen) atoms. The van der Waals surface area contributed by atoms with Crippen LogP contribution in [0.15, 0.2) is 53.4 Å². The van der Waals surface area contributed by atoms with Crippen molar-refractivity contribution in [3.8, 4) is 0 Å². The van der Waals surface area contributed by atoms with E-state index in [0.29, 0.717) is 5.69 Å². The van der Waals surface area contributed by atoms with Crippen molar-refractivity contribution in [1.29, 1.82) is 0 Å². The van der Waals surface area contributed by atoms with Gasteiger partial charge in [0, 0.05) is 18.9 Å². The Labute approximate surface area is 175 Å². The zero-order chi connectivity index (χ0) is 21.9. The summed E-state index contributed by atoms with van der Waals surface area (Å²) in [6, 6.07) is 11.8. The van der Waals surface area contributed by atoms with Gasteiger partial charge in [-0.1, -0.05) is 19.1 Å². The van der Waals surface area contributed by atoms with Gasteiger partial charge >= 0.3 is 0 Å². The van der Waals surface area contributed by atoms with Gasteiger partial charge in [-0.2, -0.15) is 0 Å². The van der Waals surface area contributed by atoms with Crippen LogP contribution in [-0.2, 0) is 19.6 Å². The predicted molar refractivity (Wildman–Crippen MR) is 113 cm³/mol. The molecule has 8 nitrogen and oxygen atoms in total. The van der Waals surface area contributed by atoms with E-state index in [1.807, 2.05) is 13.8 Å². The Kier molecular flexibility index (Phi) is 6.21. The molecule has 9 heteroatoms. The summed E-state index contributed by atoms with van der Waals surface area (Å²) in [5.41, 5.74) is 0.702. The minimum Gasteiger partial charge on any atom is -0.350 e. The Morgan fingerprint density at radius 1 is 1.03 bits per heavy atom. The first-order valence-corrected chi connectivity index (χ1v) is 11.1. The third-order valence-electron chi connectivity index (χ3n) is 4.86. The lowest BCUT2D eigenvalue weighted by molar-refractivity contribution is -0.121. The molecule has 2 aromatic rings. The fourth-order valence-electron chi connectivity index (χ4n) is 3.02. The van der Waals surface area contributed by atoms with E-state index >= 15 is 0 Å². The number of carbonyl (C=O) groups excluding carboxylic acids is 3. The van der Waals surface area contributed by atoms with Crippen LogP contribution in [0.3, 0.4) is 0 Å². The van der Waals surface area contributed by atoms with Gasteiger partial charge in [0.25, 0.3) is 15.9 Å². The molecule has 2 aromatic carbocycles. The third-order valence-corrected chi connectivity index (χ3v) is 6.24. The average molecular weight is 429 g/mol. The van der Waals surface area contributed by atoms with E-state index in [1.165, 1.54) is 30.3 Å². The minimum absolute atomic E-state index is 0.0503. The second kappa shape index (κ2) is 8.66. The summed E-state index contributed by atoms with van der Waals surface area (Å²) in [6.45, 7) is 3.80. The van der Waals surface area contributed by atoms with Crippen molar-refractivity contribution < 1.29 is 22.8 Å². The van der Waals surface area contributed by atoms with Crippen LogP contribution in [0.25, 0.3) is 0 Å². The Bertz CT molecular complexity index is 1060. The summed E-state index contributed by atoms with van der Waals surface area (Å²) in [7, 11) is -3.99. The number of hydrogen-bond acceptors (Lipinski definition) is 5. The summed E-state index contributed by atoms with van der Waals surface area (Å²) in [6.07, 6.45) is 1.04. The van der Waals surface area contributed by atoms with Crippen LogP contribution < -0.4 is 14.9 Å². The van der Waals surface area contributed by atoms with E-state index in [2.05, 4.69) is 10.0 Å². The lowest BCUT2D eigenvalue weighted by Gasteiger charge is -2.16. The Balaban J connectivity index is 1.83. The van der Waals surface area contributed by atoms with E-state index in [0.717, 1.165) is 11.3 Å². The SMILES string of the molecule is CCC(C)NC(=O)c1ccccc1NS(=O)(=O)c1ccc(N2C(=O)CCC2=O)cc1. The first kappa shape index (κ1) is 21.5. The first-order chi connectivity index (χ1) is 14.2. The maximum Gasteiger partial charge on any atom is 0.261 e. The highest BCUT2D eigenvalue weighted by Gasteiger charge is 2.30. The summed E-state index contributed by atoms with van der Waals surface area (Å²) in [4.78, 5) is 37.2. The van der Waals surface area contributed by atoms with Gasteiger partial charge in [0.05, 0.1) is 21.8 Å². The molecule has 0 spiro atoms. The van der Waals surface area contributed by atoms with Gasteiger partial charge in [-0.25, -0.2) is 8.42 Å². The molecule has 1 atom stereocenters. The Morgan fingerprint density at radius 3 is 2.23 bits per heavy atom. The maximum absolute atomic E-state index is 12.8. The molecule has 158 valence electrons. The van der Waals surface area contributed by atoms with E-state index in [9.17, 15) is 22.8 Å². The van der Waals surface area contributed by atoms with Crippen molar-refractivity contribution in [2.24, 2.45) is 0 Å². The molecular weight excluding hydrogens is 406 g/mol. The standard InChI is InChI=1S/C21H23N3O5S/c1-3-14(2)22-21(27)17-6-4-5-7-18(17)23-30(28,29)16-10-8-15(9-11-16)24-19(25)12-13-20(24)26/h4-11,14,23H,3,12-13H2,1-2H3,(H,22,27). The third kappa shape index (κ3) is 4.51. The number of nitrogens with one attached hydrogen (secondary N) is 2. The summed E-state index contributed by atoms with van der Waals surface area (Å²) >= 11 is 0. The van der Waals surface area contributed by atoms with Crippen LogP contribution in [0.1, 0.15) is 43.5 Å². The molecule has 1 heterocycles. The number of anilines is 2. The molecule has 1 aliphatic rings. The second-order valence-electron chi connectivity index (χ2n) is 7.05. The molecule has 1 fully saturated rings. The monoisotopic (exact) mass is 429 g/mol. The highest BCUT2D eigenvalue weighted by molar-refractivity contribution is 7.92. The van der Waals surface area contributed by atoms with Gasteiger partial charge in [0.2, 0.25) is 11.8 Å². The van der Waals surface area contributed by atoms with Gasteiger partial charge in [-0.05, 0) is 49.7 Å². The number of rotatable bonds is 7. The van der Waals surface area contributed by atoms with E-state index in [4.69, 9.17) is 0 Å². The van der Waals surface area contributed by atoms with Crippen LogP contribution in [0.5, 0.6) is 0 Å². The normalized spacial score (nSPS) is 15.2. The van der Waals surface area contributed by atoms with Crippen molar-refractivity contribution in [1.82, 2.24) is 5.32 Å². The maximum atomic E-state index is 12.8. The Hall–Kier alpha value is -3.20. The molecule has 0 bridgehead atoms. The van der Waals surface area contributed by atoms with Crippen LogP contribution in [0, 0.1) is 0 Å². The van der Waals surface area contributed by atoms with Gasteiger partial charge < -0.3 is 5.32 Å². The largest absolute Gasteiger partial charge is 0.350 e. The number of hydrogen-bond donors (Lipinski definition) is 2. The van der Waals surface area contributed by atoms with Crippen molar-refractivity contribution >= 4 is 39.1 Å². The first-order valence-electron chi connectivity index (χ1n) is 9.61.